The Bertz CT molecular complexity index is 818. The SMILES string of the molecule is O=C(O)CCCCCNc1nc(-c2cccs2)nc2ccccc12. The van der Waals surface area contributed by atoms with Crippen LogP contribution in [-0.4, -0.2) is 27.6 Å². The minimum Gasteiger partial charge on any atom is -0.481 e. The molecule has 6 heteroatoms. The van der Waals surface area contributed by atoms with Crippen molar-refractivity contribution >= 4 is 34.0 Å². The number of carboxylic acids is 1. The zero-order valence-corrected chi connectivity index (χ0v) is 14.1. The molecule has 0 atom stereocenters. The van der Waals surface area contributed by atoms with Gasteiger partial charge < -0.3 is 10.4 Å². The summed E-state index contributed by atoms with van der Waals surface area (Å²) in [6.07, 6.45) is 2.75. The number of thiophene rings is 1. The monoisotopic (exact) mass is 341 g/mol. The fraction of sp³-hybridized carbons (Fsp3) is 0.278. The second-order valence-electron chi connectivity index (χ2n) is 5.52. The van der Waals surface area contributed by atoms with E-state index in [1.807, 2.05) is 41.8 Å². The van der Waals surface area contributed by atoms with E-state index in [4.69, 9.17) is 5.11 Å². The highest BCUT2D eigenvalue weighted by atomic mass is 32.1. The summed E-state index contributed by atoms with van der Waals surface area (Å²) >= 11 is 1.62. The Morgan fingerprint density at radius 1 is 1.08 bits per heavy atom. The van der Waals surface area contributed by atoms with Crippen LogP contribution in [0.5, 0.6) is 0 Å². The number of hydrogen-bond acceptors (Lipinski definition) is 5. The van der Waals surface area contributed by atoms with E-state index >= 15 is 0 Å². The molecule has 2 N–H and O–H groups in total. The minimum atomic E-state index is -0.731. The van der Waals surface area contributed by atoms with Crippen molar-refractivity contribution in [2.45, 2.75) is 25.7 Å². The number of hydrogen-bond donors (Lipinski definition) is 2. The molecule has 124 valence electrons. The number of carbonyl (C=O) groups is 1. The quantitative estimate of drug-likeness (QED) is 0.593. The van der Waals surface area contributed by atoms with Gasteiger partial charge in [-0.2, -0.15) is 0 Å². The van der Waals surface area contributed by atoms with Crippen LogP contribution in [0.2, 0.25) is 0 Å². The van der Waals surface area contributed by atoms with E-state index in [1.54, 1.807) is 11.3 Å². The fourth-order valence-corrected chi connectivity index (χ4v) is 3.17. The summed E-state index contributed by atoms with van der Waals surface area (Å²) in [5.74, 6) is 0.838. The molecule has 0 amide bonds. The lowest BCUT2D eigenvalue weighted by molar-refractivity contribution is -0.137. The maximum Gasteiger partial charge on any atom is 0.303 e. The summed E-state index contributed by atoms with van der Waals surface area (Å²) < 4.78 is 0. The van der Waals surface area contributed by atoms with Crippen molar-refractivity contribution in [2.24, 2.45) is 0 Å². The Balaban J connectivity index is 1.72. The van der Waals surface area contributed by atoms with Gasteiger partial charge in [-0.15, -0.1) is 11.3 Å². The van der Waals surface area contributed by atoms with Crippen LogP contribution in [0.3, 0.4) is 0 Å². The highest BCUT2D eigenvalue weighted by Crippen LogP contribution is 2.27. The Hall–Kier alpha value is -2.47. The van der Waals surface area contributed by atoms with Crippen molar-refractivity contribution in [1.82, 2.24) is 9.97 Å². The summed E-state index contributed by atoms with van der Waals surface area (Å²) in [4.78, 5) is 20.9. The maximum absolute atomic E-state index is 10.5. The van der Waals surface area contributed by atoms with Gasteiger partial charge in [0, 0.05) is 18.4 Å². The molecule has 0 aliphatic rings. The van der Waals surface area contributed by atoms with E-state index in [2.05, 4.69) is 15.3 Å². The van der Waals surface area contributed by atoms with Crippen LogP contribution in [0.1, 0.15) is 25.7 Å². The van der Waals surface area contributed by atoms with Crippen molar-refractivity contribution in [1.29, 1.82) is 0 Å². The second-order valence-corrected chi connectivity index (χ2v) is 6.47. The van der Waals surface area contributed by atoms with Gasteiger partial charge in [-0.3, -0.25) is 4.79 Å². The van der Waals surface area contributed by atoms with Crippen LogP contribution < -0.4 is 5.32 Å². The predicted molar refractivity (Wildman–Crippen MR) is 97.4 cm³/mol. The van der Waals surface area contributed by atoms with E-state index in [0.29, 0.717) is 6.42 Å². The summed E-state index contributed by atoms with van der Waals surface area (Å²) in [5.41, 5.74) is 0.921. The molecule has 1 aromatic carbocycles. The predicted octanol–water partition coefficient (Wildman–Crippen LogP) is 4.42. The number of benzene rings is 1. The average Bonchev–Trinajstić information content (AvgIpc) is 3.12. The molecular weight excluding hydrogens is 322 g/mol. The molecule has 0 unspecified atom stereocenters. The molecule has 2 heterocycles. The first kappa shape index (κ1) is 16.4. The third-order valence-electron chi connectivity index (χ3n) is 3.70. The highest BCUT2D eigenvalue weighted by molar-refractivity contribution is 7.13. The number of nitrogens with one attached hydrogen (secondary N) is 1. The number of fused-ring (bicyclic) bond motifs is 1. The van der Waals surface area contributed by atoms with E-state index in [0.717, 1.165) is 46.8 Å². The molecule has 3 rings (SSSR count). The van der Waals surface area contributed by atoms with Crippen molar-refractivity contribution < 1.29 is 9.90 Å². The fourth-order valence-electron chi connectivity index (χ4n) is 2.51. The molecule has 0 saturated heterocycles. The zero-order valence-electron chi connectivity index (χ0n) is 13.2. The van der Waals surface area contributed by atoms with Crippen LogP contribution in [0.25, 0.3) is 21.6 Å². The van der Waals surface area contributed by atoms with Crippen molar-refractivity contribution in [2.75, 3.05) is 11.9 Å². The van der Waals surface area contributed by atoms with Gasteiger partial charge in [-0.1, -0.05) is 24.6 Å². The summed E-state index contributed by atoms with van der Waals surface area (Å²) in [5, 5.41) is 15.1. The van der Waals surface area contributed by atoms with Gasteiger partial charge in [0.25, 0.3) is 0 Å². The molecule has 0 bridgehead atoms. The molecular formula is C18H19N3O2S. The lowest BCUT2D eigenvalue weighted by atomic mass is 10.2. The molecule has 0 aliphatic carbocycles. The van der Waals surface area contributed by atoms with Gasteiger partial charge in [0.1, 0.15) is 5.82 Å². The second kappa shape index (κ2) is 7.88. The van der Waals surface area contributed by atoms with Crippen LogP contribution in [0, 0.1) is 0 Å². The van der Waals surface area contributed by atoms with E-state index in [-0.39, 0.29) is 6.42 Å². The van der Waals surface area contributed by atoms with Crippen LogP contribution in [0.15, 0.2) is 41.8 Å². The molecule has 0 fully saturated rings. The topological polar surface area (TPSA) is 75.1 Å². The summed E-state index contributed by atoms with van der Waals surface area (Å²) in [6.45, 7) is 0.768. The Morgan fingerprint density at radius 3 is 2.75 bits per heavy atom. The molecule has 0 aliphatic heterocycles. The highest BCUT2D eigenvalue weighted by Gasteiger charge is 2.09. The molecule has 24 heavy (non-hydrogen) atoms. The number of carboxylic acid groups (broad SMARTS) is 1. The lowest BCUT2D eigenvalue weighted by Gasteiger charge is -2.10. The van der Waals surface area contributed by atoms with E-state index < -0.39 is 5.97 Å². The number of aromatic nitrogens is 2. The Kier molecular flexibility index (Phi) is 5.38. The molecule has 2 aromatic heterocycles. The zero-order chi connectivity index (χ0) is 16.8. The first-order chi connectivity index (χ1) is 11.7. The van der Waals surface area contributed by atoms with Crippen LogP contribution in [0.4, 0.5) is 5.82 Å². The van der Waals surface area contributed by atoms with Gasteiger partial charge in [-0.25, -0.2) is 9.97 Å². The summed E-state index contributed by atoms with van der Waals surface area (Å²) in [7, 11) is 0. The standard InChI is InChI=1S/C18H19N3O2S/c22-16(23)10-2-1-5-11-19-17-13-7-3-4-8-14(13)20-18(21-17)15-9-6-12-24-15/h3-4,6-9,12H,1-2,5,10-11H2,(H,22,23)(H,19,20,21). The van der Waals surface area contributed by atoms with Crippen LogP contribution >= 0.6 is 11.3 Å². The maximum atomic E-state index is 10.5. The number of anilines is 1. The first-order valence-corrected chi connectivity index (χ1v) is 8.88. The van der Waals surface area contributed by atoms with Crippen molar-refractivity contribution in [3.63, 3.8) is 0 Å². The third kappa shape index (κ3) is 4.08. The average molecular weight is 341 g/mol. The summed E-state index contributed by atoms with van der Waals surface area (Å²) in [6, 6.07) is 12.0. The normalized spacial score (nSPS) is 10.8. The van der Waals surface area contributed by atoms with Gasteiger partial charge in [-0.05, 0) is 36.4 Å². The smallest absolute Gasteiger partial charge is 0.303 e. The Morgan fingerprint density at radius 2 is 1.96 bits per heavy atom. The van der Waals surface area contributed by atoms with Gasteiger partial charge in [0.15, 0.2) is 5.82 Å². The first-order valence-electron chi connectivity index (χ1n) is 8.00. The molecule has 5 nitrogen and oxygen atoms in total. The number of para-hydroxylation sites is 1. The van der Waals surface area contributed by atoms with E-state index in [1.165, 1.54) is 0 Å². The number of unbranched alkanes of at least 4 members (excludes halogenated alkanes) is 2. The lowest BCUT2D eigenvalue weighted by Crippen LogP contribution is -2.06. The van der Waals surface area contributed by atoms with Crippen molar-refractivity contribution in [3.05, 3.63) is 41.8 Å². The molecule has 3 aromatic rings. The van der Waals surface area contributed by atoms with Gasteiger partial charge in [0.05, 0.1) is 10.4 Å². The van der Waals surface area contributed by atoms with Gasteiger partial charge >= 0.3 is 5.97 Å². The van der Waals surface area contributed by atoms with Gasteiger partial charge in [0.2, 0.25) is 0 Å². The molecule has 0 saturated carbocycles. The number of rotatable bonds is 8. The van der Waals surface area contributed by atoms with E-state index in [9.17, 15) is 4.79 Å². The number of nitrogens with zero attached hydrogens (tertiary/aromatic N) is 2. The minimum absolute atomic E-state index is 0.235. The van der Waals surface area contributed by atoms with Crippen molar-refractivity contribution in [3.8, 4) is 10.7 Å². The molecule has 0 radical (unpaired) electrons. The Labute approximate surface area is 144 Å². The molecule has 0 spiro atoms. The van der Waals surface area contributed by atoms with Crippen LogP contribution in [-0.2, 0) is 4.79 Å². The largest absolute Gasteiger partial charge is 0.481 e. The number of aliphatic carboxylic acids is 1. The third-order valence-corrected chi connectivity index (χ3v) is 4.57.